The van der Waals surface area contributed by atoms with Gasteiger partial charge in [-0.05, 0) is 37.1 Å². The van der Waals surface area contributed by atoms with Gasteiger partial charge in [0, 0.05) is 30.3 Å². The van der Waals surface area contributed by atoms with Gasteiger partial charge in [0.25, 0.3) is 0 Å². The van der Waals surface area contributed by atoms with Gasteiger partial charge < -0.3 is 0 Å². The molecule has 0 N–H and O–H groups in total. The Morgan fingerprint density at radius 3 is 2.15 bits per heavy atom. The van der Waals surface area contributed by atoms with E-state index in [9.17, 15) is 8.42 Å². The summed E-state index contributed by atoms with van der Waals surface area (Å²) in [6.45, 7) is 1.12. The first kappa shape index (κ1) is 23.2. The predicted molar refractivity (Wildman–Crippen MR) is 133 cm³/mol. The number of halogens is 2. The molecule has 0 atom stereocenters. The largest absolute Gasteiger partial charge is 0.243 e. The highest BCUT2D eigenvalue weighted by Gasteiger charge is 2.25. The molecule has 176 valence electrons. The van der Waals surface area contributed by atoms with E-state index in [0.29, 0.717) is 30.1 Å². The number of benzene rings is 2. The van der Waals surface area contributed by atoms with E-state index in [1.807, 2.05) is 36.4 Å². The van der Waals surface area contributed by atoms with Crippen LogP contribution in [0.4, 0.5) is 0 Å². The van der Waals surface area contributed by atoms with Gasteiger partial charge in [-0.25, -0.2) is 18.4 Å². The minimum absolute atomic E-state index is 0.256. The van der Waals surface area contributed by atoms with E-state index in [-0.39, 0.29) is 10.7 Å². The van der Waals surface area contributed by atoms with Crippen molar-refractivity contribution < 1.29 is 8.42 Å². The number of fused-ring (bicyclic) bond motifs is 1. The average Bonchev–Trinajstić information content (AvgIpc) is 3.09. The van der Waals surface area contributed by atoms with Gasteiger partial charge in [-0.3, -0.25) is 0 Å². The number of hydrogen-bond donors (Lipinski definition) is 0. The Kier molecular flexibility index (Phi) is 6.57. The van der Waals surface area contributed by atoms with Gasteiger partial charge in [0.15, 0.2) is 22.1 Å². The SMILES string of the molecule is O=S(=O)(c1ccc(-c2nc(C(Cl)Cl)nc3cc(-c4ccccc4)nn23)cc1)N1CCCCCC1. The lowest BCUT2D eigenvalue weighted by molar-refractivity contribution is 0.424. The van der Waals surface area contributed by atoms with E-state index in [0.717, 1.165) is 36.9 Å². The molecule has 3 heterocycles. The first-order valence-electron chi connectivity index (χ1n) is 11.2. The number of nitrogens with zero attached hydrogens (tertiary/aromatic N) is 5. The Morgan fingerprint density at radius 1 is 0.824 bits per heavy atom. The second-order valence-corrected chi connectivity index (χ2v) is 11.2. The summed E-state index contributed by atoms with van der Waals surface area (Å²) < 4.78 is 29.5. The van der Waals surface area contributed by atoms with Crippen molar-refractivity contribution in [1.82, 2.24) is 23.9 Å². The van der Waals surface area contributed by atoms with Crippen molar-refractivity contribution in [3.8, 4) is 22.6 Å². The lowest BCUT2D eigenvalue weighted by Crippen LogP contribution is -2.31. The number of aromatic nitrogens is 4. The summed E-state index contributed by atoms with van der Waals surface area (Å²) in [5.41, 5.74) is 2.90. The average molecular weight is 516 g/mol. The van der Waals surface area contributed by atoms with Crippen LogP contribution in [0.1, 0.15) is 36.3 Å². The standard InChI is InChI=1S/C24H23Cl2N5O2S/c25-22(26)23-27-21-16-20(17-8-4-3-5-9-17)29-31(21)24(28-23)18-10-12-19(13-11-18)34(32,33)30-14-6-1-2-7-15-30/h3-5,8-13,16,22H,1-2,6-7,14-15H2. The quantitative estimate of drug-likeness (QED) is 0.328. The third-order valence-electron chi connectivity index (χ3n) is 5.92. The number of alkyl halides is 2. The van der Waals surface area contributed by atoms with Crippen LogP contribution in [0.15, 0.2) is 65.6 Å². The van der Waals surface area contributed by atoms with Crippen LogP contribution >= 0.6 is 23.2 Å². The van der Waals surface area contributed by atoms with Crippen molar-refractivity contribution in [2.24, 2.45) is 0 Å². The highest BCUT2D eigenvalue weighted by atomic mass is 35.5. The fourth-order valence-electron chi connectivity index (χ4n) is 4.15. The molecule has 7 nitrogen and oxygen atoms in total. The smallest absolute Gasteiger partial charge is 0.211 e. The van der Waals surface area contributed by atoms with Crippen molar-refractivity contribution in [1.29, 1.82) is 0 Å². The first-order chi connectivity index (χ1) is 16.4. The summed E-state index contributed by atoms with van der Waals surface area (Å²) in [4.78, 5) is 8.34. The summed E-state index contributed by atoms with van der Waals surface area (Å²) in [6.07, 6.45) is 3.90. The molecule has 0 radical (unpaired) electrons. The second-order valence-electron chi connectivity index (χ2n) is 8.21. The molecule has 5 rings (SSSR count). The monoisotopic (exact) mass is 515 g/mol. The van der Waals surface area contributed by atoms with E-state index < -0.39 is 14.9 Å². The molecule has 0 aliphatic carbocycles. The van der Waals surface area contributed by atoms with E-state index in [1.165, 1.54) is 0 Å². The summed E-state index contributed by atoms with van der Waals surface area (Å²) in [5.74, 6) is 0.735. The van der Waals surface area contributed by atoms with Gasteiger partial charge in [0.2, 0.25) is 10.0 Å². The molecular formula is C24H23Cl2N5O2S. The molecule has 2 aromatic carbocycles. The fraction of sp³-hybridized carbons (Fsp3) is 0.292. The zero-order valence-electron chi connectivity index (χ0n) is 18.3. The molecule has 0 unspecified atom stereocenters. The van der Waals surface area contributed by atoms with Crippen LogP contribution in [-0.2, 0) is 10.0 Å². The van der Waals surface area contributed by atoms with Crippen LogP contribution in [-0.4, -0.2) is 45.4 Å². The van der Waals surface area contributed by atoms with Crippen LogP contribution in [0.2, 0.25) is 0 Å². The summed E-state index contributed by atoms with van der Waals surface area (Å²) in [7, 11) is -3.54. The maximum absolute atomic E-state index is 13.2. The highest BCUT2D eigenvalue weighted by Crippen LogP contribution is 2.29. The Bertz CT molecular complexity index is 1400. The molecule has 0 bridgehead atoms. The molecular weight excluding hydrogens is 493 g/mol. The van der Waals surface area contributed by atoms with Crippen molar-refractivity contribution in [2.45, 2.75) is 35.4 Å². The summed E-state index contributed by atoms with van der Waals surface area (Å²) in [5, 5.41) is 4.69. The van der Waals surface area contributed by atoms with E-state index >= 15 is 0 Å². The zero-order chi connectivity index (χ0) is 23.7. The molecule has 2 aromatic heterocycles. The van der Waals surface area contributed by atoms with Crippen molar-refractivity contribution in [2.75, 3.05) is 13.1 Å². The zero-order valence-corrected chi connectivity index (χ0v) is 20.6. The third kappa shape index (κ3) is 4.55. The van der Waals surface area contributed by atoms with Gasteiger partial charge in [-0.1, -0.05) is 66.4 Å². The maximum atomic E-state index is 13.2. The first-order valence-corrected chi connectivity index (χ1v) is 13.5. The minimum Gasteiger partial charge on any atom is -0.211 e. The lowest BCUT2D eigenvalue weighted by atomic mass is 10.2. The van der Waals surface area contributed by atoms with Gasteiger partial charge in [-0.2, -0.15) is 13.9 Å². The molecule has 0 saturated carbocycles. The van der Waals surface area contributed by atoms with Crippen molar-refractivity contribution in [3.05, 3.63) is 66.5 Å². The Balaban J connectivity index is 1.56. The van der Waals surface area contributed by atoms with Crippen LogP contribution in [0.3, 0.4) is 0 Å². The summed E-state index contributed by atoms with van der Waals surface area (Å²) in [6, 6.07) is 18.3. The Morgan fingerprint density at radius 2 is 1.50 bits per heavy atom. The third-order valence-corrected chi connectivity index (χ3v) is 8.22. The number of rotatable bonds is 5. The Labute approximate surface area is 208 Å². The van der Waals surface area contributed by atoms with Crippen molar-refractivity contribution >= 4 is 38.9 Å². The van der Waals surface area contributed by atoms with Gasteiger partial charge >= 0.3 is 0 Å². The topological polar surface area (TPSA) is 80.5 Å². The van der Waals surface area contributed by atoms with Crippen LogP contribution in [0.25, 0.3) is 28.3 Å². The molecule has 0 spiro atoms. The molecule has 0 amide bonds. The molecule has 1 fully saturated rings. The van der Waals surface area contributed by atoms with E-state index in [1.54, 1.807) is 33.1 Å². The number of hydrogen-bond acceptors (Lipinski definition) is 5. The summed E-state index contributed by atoms with van der Waals surface area (Å²) >= 11 is 12.2. The molecule has 1 aliphatic rings. The van der Waals surface area contributed by atoms with Gasteiger partial charge in [-0.15, -0.1) is 0 Å². The van der Waals surface area contributed by atoms with Gasteiger partial charge in [0.1, 0.15) is 0 Å². The maximum Gasteiger partial charge on any atom is 0.243 e. The minimum atomic E-state index is -3.54. The Hall–Kier alpha value is -2.52. The van der Waals surface area contributed by atoms with Crippen LogP contribution < -0.4 is 0 Å². The lowest BCUT2D eigenvalue weighted by Gasteiger charge is -2.20. The normalized spacial score (nSPS) is 15.6. The van der Waals surface area contributed by atoms with E-state index in [2.05, 4.69) is 9.97 Å². The molecule has 1 aliphatic heterocycles. The fourth-order valence-corrected chi connectivity index (χ4v) is 5.86. The van der Waals surface area contributed by atoms with E-state index in [4.69, 9.17) is 28.3 Å². The van der Waals surface area contributed by atoms with Crippen LogP contribution in [0.5, 0.6) is 0 Å². The molecule has 10 heteroatoms. The number of sulfonamides is 1. The van der Waals surface area contributed by atoms with Crippen LogP contribution in [0, 0.1) is 0 Å². The second kappa shape index (κ2) is 9.62. The molecule has 34 heavy (non-hydrogen) atoms. The highest BCUT2D eigenvalue weighted by molar-refractivity contribution is 7.89. The van der Waals surface area contributed by atoms with Gasteiger partial charge in [0.05, 0.1) is 10.6 Å². The van der Waals surface area contributed by atoms with Crippen molar-refractivity contribution in [3.63, 3.8) is 0 Å². The molecule has 4 aromatic rings. The molecule has 1 saturated heterocycles. The predicted octanol–water partition coefficient (Wildman–Crippen LogP) is 5.50.